The van der Waals surface area contributed by atoms with E-state index in [4.69, 9.17) is 0 Å². The number of nitrogens with one attached hydrogen (secondary N) is 3. The third-order valence-corrected chi connectivity index (χ3v) is 3.95. The number of para-hydroxylation sites is 2. The molecule has 0 heterocycles. The van der Waals surface area contributed by atoms with Crippen molar-refractivity contribution in [2.24, 2.45) is 5.92 Å². The highest BCUT2D eigenvalue weighted by molar-refractivity contribution is 6.04. The van der Waals surface area contributed by atoms with E-state index in [2.05, 4.69) is 22.9 Å². The second kappa shape index (κ2) is 9.61. The van der Waals surface area contributed by atoms with Crippen LogP contribution in [0.5, 0.6) is 0 Å². The number of hydrogen-bond donors (Lipinski definition) is 3. The van der Waals surface area contributed by atoms with Crippen molar-refractivity contribution in [2.75, 3.05) is 23.7 Å². The number of carbonyl (C=O) groups excluding carboxylic acids is 2. The fraction of sp³-hybridized carbons (Fsp3) is 0.333. The Bertz CT molecular complexity index is 756. The second-order valence-corrected chi connectivity index (χ2v) is 6.56. The van der Waals surface area contributed by atoms with Gasteiger partial charge in [-0.3, -0.25) is 9.59 Å². The van der Waals surface area contributed by atoms with Gasteiger partial charge in [0, 0.05) is 12.2 Å². The quantitative estimate of drug-likeness (QED) is 0.678. The summed E-state index contributed by atoms with van der Waals surface area (Å²) < 4.78 is 0. The highest BCUT2D eigenvalue weighted by atomic mass is 16.2. The molecule has 2 amide bonds. The van der Waals surface area contributed by atoms with Gasteiger partial charge in [-0.15, -0.1) is 0 Å². The fourth-order valence-electron chi connectivity index (χ4n) is 2.55. The fourth-order valence-corrected chi connectivity index (χ4v) is 2.55. The number of rotatable bonds is 8. The molecule has 0 aliphatic heterocycles. The predicted octanol–water partition coefficient (Wildman–Crippen LogP) is 3.69. The minimum atomic E-state index is -0.194. The molecular weight excluding hydrogens is 326 g/mol. The van der Waals surface area contributed by atoms with Crippen LogP contribution in [-0.2, 0) is 11.2 Å². The molecule has 3 N–H and O–H groups in total. The summed E-state index contributed by atoms with van der Waals surface area (Å²) in [6.07, 6.45) is 0.893. The van der Waals surface area contributed by atoms with Crippen molar-refractivity contribution in [1.82, 2.24) is 5.32 Å². The first kappa shape index (κ1) is 19.5. The smallest absolute Gasteiger partial charge is 0.253 e. The van der Waals surface area contributed by atoms with Gasteiger partial charge >= 0.3 is 0 Å². The number of benzene rings is 2. The van der Waals surface area contributed by atoms with E-state index in [1.807, 2.05) is 38.1 Å². The molecule has 2 aromatic carbocycles. The number of anilines is 2. The van der Waals surface area contributed by atoms with Crippen LogP contribution in [0.3, 0.4) is 0 Å². The van der Waals surface area contributed by atoms with E-state index in [1.54, 1.807) is 24.3 Å². The Morgan fingerprint density at radius 2 is 1.62 bits per heavy atom. The molecule has 0 bridgehead atoms. The van der Waals surface area contributed by atoms with Crippen LogP contribution < -0.4 is 16.0 Å². The van der Waals surface area contributed by atoms with Gasteiger partial charge in [-0.2, -0.15) is 0 Å². The van der Waals surface area contributed by atoms with E-state index in [1.165, 1.54) is 0 Å². The van der Waals surface area contributed by atoms with Gasteiger partial charge in [0.15, 0.2) is 0 Å². The van der Waals surface area contributed by atoms with Crippen molar-refractivity contribution < 1.29 is 9.59 Å². The molecule has 0 aliphatic rings. The minimum absolute atomic E-state index is 0.138. The Labute approximate surface area is 155 Å². The van der Waals surface area contributed by atoms with Gasteiger partial charge < -0.3 is 16.0 Å². The van der Waals surface area contributed by atoms with Gasteiger partial charge in [-0.05, 0) is 36.1 Å². The lowest BCUT2D eigenvalue weighted by atomic mass is 10.1. The van der Waals surface area contributed by atoms with E-state index >= 15 is 0 Å². The molecule has 2 aromatic rings. The zero-order valence-corrected chi connectivity index (χ0v) is 15.6. The molecular formula is C21H27N3O2. The lowest BCUT2D eigenvalue weighted by Crippen LogP contribution is -2.29. The number of amides is 2. The van der Waals surface area contributed by atoms with E-state index < -0.39 is 0 Å². The molecule has 0 aromatic heterocycles. The van der Waals surface area contributed by atoms with Crippen LogP contribution in [0.15, 0.2) is 48.5 Å². The summed E-state index contributed by atoms with van der Waals surface area (Å²) in [6, 6.07) is 15.0. The first-order valence-corrected chi connectivity index (χ1v) is 9.00. The van der Waals surface area contributed by atoms with Crippen molar-refractivity contribution in [1.29, 1.82) is 0 Å². The van der Waals surface area contributed by atoms with Crippen LogP contribution in [0.4, 0.5) is 11.4 Å². The zero-order chi connectivity index (χ0) is 18.9. The van der Waals surface area contributed by atoms with Gasteiger partial charge in [0.05, 0.1) is 17.8 Å². The normalized spacial score (nSPS) is 10.5. The summed E-state index contributed by atoms with van der Waals surface area (Å²) in [4.78, 5) is 24.7. The summed E-state index contributed by atoms with van der Waals surface area (Å²) in [5, 5.41) is 8.86. The Morgan fingerprint density at radius 3 is 2.31 bits per heavy atom. The molecule has 0 radical (unpaired) electrons. The maximum Gasteiger partial charge on any atom is 0.253 e. The van der Waals surface area contributed by atoms with E-state index in [0.717, 1.165) is 17.7 Å². The topological polar surface area (TPSA) is 70.2 Å². The van der Waals surface area contributed by atoms with Crippen molar-refractivity contribution in [3.63, 3.8) is 0 Å². The van der Waals surface area contributed by atoms with Crippen LogP contribution >= 0.6 is 0 Å². The number of aryl methyl sites for hydroxylation is 1. The minimum Gasteiger partial charge on any atom is -0.376 e. The average molecular weight is 353 g/mol. The average Bonchev–Trinajstić information content (AvgIpc) is 2.65. The molecule has 0 atom stereocenters. The maximum atomic E-state index is 12.3. The lowest BCUT2D eigenvalue weighted by molar-refractivity contribution is -0.114. The summed E-state index contributed by atoms with van der Waals surface area (Å²) in [6.45, 7) is 6.88. The molecule has 2 rings (SSSR count). The largest absolute Gasteiger partial charge is 0.376 e. The lowest BCUT2D eigenvalue weighted by Gasteiger charge is -2.14. The third kappa shape index (κ3) is 5.62. The molecule has 0 saturated heterocycles. The maximum absolute atomic E-state index is 12.3. The molecule has 26 heavy (non-hydrogen) atoms. The van der Waals surface area contributed by atoms with Crippen LogP contribution in [0, 0.1) is 5.92 Å². The van der Waals surface area contributed by atoms with Gasteiger partial charge in [-0.1, -0.05) is 51.1 Å². The van der Waals surface area contributed by atoms with E-state index in [0.29, 0.717) is 23.7 Å². The van der Waals surface area contributed by atoms with Gasteiger partial charge in [-0.25, -0.2) is 0 Å². The van der Waals surface area contributed by atoms with Gasteiger partial charge in [0.25, 0.3) is 5.91 Å². The Hall–Kier alpha value is -2.82. The highest BCUT2D eigenvalue weighted by Crippen LogP contribution is 2.17. The summed E-state index contributed by atoms with van der Waals surface area (Å²) >= 11 is 0. The Kier molecular flexibility index (Phi) is 7.21. The highest BCUT2D eigenvalue weighted by Gasteiger charge is 2.13. The first-order chi connectivity index (χ1) is 12.5. The SMILES string of the molecule is CCc1ccccc1NCC(=O)Nc1ccccc1C(=O)NCC(C)C. The molecule has 0 fully saturated rings. The van der Waals surface area contributed by atoms with Gasteiger partial charge in [0.2, 0.25) is 5.91 Å². The van der Waals surface area contributed by atoms with Crippen LogP contribution in [0.1, 0.15) is 36.7 Å². The number of carbonyl (C=O) groups is 2. The molecule has 0 spiro atoms. The third-order valence-electron chi connectivity index (χ3n) is 3.95. The first-order valence-electron chi connectivity index (χ1n) is 9.00. The standard InChI is InChI=1S/C21H27N3O2/c1-4-16-9-5-7-11-18(16)22-14-20(25)24-19-12-8-6-10-17(19)21(26)23-13-15(2)3/h5-12,15,22H,4,13-14H2,1-3H3,(H,23,26)(H,24,25). The van der Waals surface area contributed by atoms with Crippen LogP contribution in [0.25, 0.3) is 0 Å². The van der Waals surface area contributed by atoms with Crippen molar-refractivity contribution >= 4 is 23.2 Å². The van der Waals surface area contributed by atoms with Crippen molar-refractivity contribution in [2.45, 2.75) is 27.2 Å². The molecule has 5 nitrogen and oxygen atoms in total. The summed E-state index contributed by atoms with van der Waals surface area (Å²) in [5.41, 5.74) is 3.10. The van der Waals surface area contributed by atoms with E-state index in [9.17, 15) is 9.59 Å². The van der Waals surface area contributed by atoms with Gasteiger partial charge in [0.1, 0.15) is 0 Å². The Morgan fingerprint density at radius 1 is 0.962 bits per heavy atom. The zero-order valence-electron chi connectivity index (χ0n) is 15.6. The van der Waals surface area contributed by atoms with Crippen LogP contribution in [0.2, 0.25) is 0 Å². The molecule has 0 saturated carbocycles. The molecule has 0 unspecified atom stereocenters. The van der Waals surface area contributed by atoms with Crippen molar-refractivity contribution in [3.8, 4) is 0 Å². The number of hydrogen-bond acceptors (Lipinski definition) is 3. The molecule has 138 valence electrons. The summed E-state index contributed by atoms with van der Waals surface area (Å²) in [7, 11) is 0. The monoisotopic (exact) mass is 353 g/mol. The second-order valence-electron chi connectivity index (χ2n) is 6.56. The van der Waals surface area contributed by atoms with Crippen molar-refractivity contribution in [3.05, 3.63) is 59.7 Å². The van der Waals surface area contributed by atoms with E-state index in [-0.39, 0.29) is 18.4 Å². The predicted molar refractivity (Wildman–Crippen MR) is 107 cm³/mol. The van der Waals surface area contributed by atoms with Crippen LogP contribution in [-0.4, -0.2) is 24.9 Å². The Balaban J connectivity index is 1.99. The summed E-state index contributed by atoms with van der Waals surface area (Å²) in [5.74, 6) is -0.0116. The molecule has 5 heteroatoms. The molecule has 0 aliphatic carbocycles.